The highest BCUT2D eigenvalue weighted by Gasteiger charge is 2.40. The number of aryl methyl sites for hydroxylation is 1. The van der Waals surface area contributed by atoms with Gasteiger partial charge in [-0.2, -0.15) is 23.3 Å². The zero-order valence-corrected chi connectivity index (χ0v) is 16.6. The number of ether oxygens (including phenoxy) is 1. The van der Waals surface area contributed by atoms with Gasteiger partial charge in [0, 0.05) is 31.9 Å². The largest absolute Gasteiger partial charge is 0.422 e. The third kappa shape index (κ3) is 3.69. The first-order valence-electron chi connectivity index (χ1n) is 9.63. The third-order valence-electron chi connectivity index (χ3n) is 5.63. The van der Waals surface area contributed by atoms with Crippen LogP contribution >= 0.6 is 0 Å². The van der Waals surface area contributed by atoms with Gasteiger partial charge >= 0.3 is 6.18 Å². The minimum Gasteiger partial charge on any atom is -0.378 e. The summed E-state index contributed by atoms with van der Waals surface area (Å²) in [5, 5.41) is 6.74. The quantitative estimate of drug-likeness (QED) is 0.720. The molecule has 164 valence electrons. The van der Waals surface area contributed by atoms with Gasteiger partial charge in [0.25, 0.3) is 0 Å². The number of alkyl halides is 4. The Morgan fingerprint density at radius 2 is 2.00 bits per heavy atom. The molecule has 0 amide bonds. The van der Waals surface area contributed by atoms with E-state index < -0.39 is 29.8 Å². The second kappa shape index (κ2) is 7.65. The Hall–Kier alpha value is -2.47. The summed E-state index contributed by atoms with van der Waals surface area (Å²) < 4.78 is 62.8. The van der Waals surface area contributed by atoms with Crippen molar-refractivity contribution in [3.05, 3.63) is 17.5 Å². The predicted octanol–water partition coefficient (Wildman–Crippen LogP) is 2.27. The number of anilines is 2. The third-order valence-corrected chi connectivity index (χ3v) is 5.63. The van der Waals surface area contributed by atoms with Gasteiger partial charge in [0.1, 0.15) is 17.6 Å². The number of piperidine rings is 1. The molecular formula is C18H23F4N7O. The van der Waals surface area contributed by atoms with E-state index in [1.807, 2.05) is 4.90 Å². The topological polar surface area (TPSA) is 94.1 Å². The van der Waals surface area contributed by atoms with Crippen molar-refractivity contribution in [2.75, 3.05) is 44.4 Å². The van der Waals surface area contributed by atoms with E-state index in [-0.39, 0.29) is 29.8 Å². The summed E-state index contributed by atoms with van der Waals surface area (Å²) >= 11 is 0. The number of nitrogens with two attached hydrogens (primary N) is 1. The zero-order valence-electron chi connectivity index (χ0n) is 16.6. The van der Waals surface area contributed by atoms with Gasteiger partial charge in [0.2, 0.25) is 5.95 Å². The number of rotatable bonds is 4. The van der Waals surface area contributed by atoms with E-state index in [1.54, 1.807) is 6.92 Å². The average molecular weight is 429 g/mol. The van der Waals surface area contributed by atoms with Crippen LogP contribution in [0.3, 0.4) is 0 Å². The Bertz CT molecular complexity index is 928. The summed E-state index contributed by atoms with van der Waals surface area (Å²) in [6.45, 7) is 3.69. The molecule has 2 aromatic heterocycles. The fourth-order valence-corrected chi connectivity index (χ4v) is 3.99. The Morgan fingerprint density at radius 1 is 1.27 bits per heavy atom. The van der Waals surface area contributed by atoms with Crippen molar-refractivity contribution in [3.8, 4) is 11.3 Å². The molecule has 8 nitrogen and oxygen atoms in total. The molecule has 0 aliphatic carbocycles. The van der Waals surface area contributed by atoms with E-state index in [2.05, 4.69) is 20.4 Å². The van der Waals surface area contributed by atoms with Crippen molar-refractivity contribution < 1.29 is 22.3 Å². The number of nitrogen functional groups attached to an aromatic ring is 1. The second-order valence-electron chi connectivity index (χ2n) is 7.57. The highest BCUT2D eigenvalue weighted by molar-refractivity contribution is 5.72. The van der Waals surface area contributed by atoms with Crippen LogP contribution in [0.2, 0.25) is 0 Å². The van der Waals surface area contributed by atoms with Gasteiger partial charge in [-0.05, 0) is 13.3 Å². The number of nitrogens with one attached hydrogen (secondary N) is 1. The minimum atomic E-state index is -4.71. The van der Waals surface area contributed by atoms with Crippen molar-refractivity contribution in [1.29, 1.82) is 0 Å². The van der Waals surface area contributed by atoms with Crippen LogP contribution in [0.1, 0.15) is 23.7 Å². The van der Waals surface area contributed by atoms with Crippen LogP contribution in [-0.2, 0) is 10.9 Å². The molecule has 0 aromatic carbocycles. The first kappa shape index (κ1) is 20.8. The smallest absolute Gasteiger partial charge is 0.378 e. The standard InChI is InChI=1S/C18H23F4N7O/c1-9-11(15-14(18(20,21)22)16(24-2)26-17(23)25-15)5-29(27-9)13-3-4-28(6-12(13)19)10-7-30-8-10/h5,10,12-13H,3-4,6-8H2,1-2H3,(H3,23,24,25,26). The molecule has 0 spiro atoms. The Labute approximate surface area is 170 Å². The van der Waals surface area contributed by atoms with Crippen molar-refractivity contribution in [3.63, 3.8) is 0 Å². The maximum Gasteiger partial charge on any atom is 0.422 e. The fraction of sp³-hybridized carbons (Fsp3) is 0.611. The number of halogens is 4. The van der Waals surface area contributed by atoms with Gasteiger partial charge in [0.05, 0.1) is 36.7 Å². The van der Waals surface area contributed by atoms with Crippen molar-refractivity contribution in [2.24, 2.45) is 0 Å². The Balaban J connectivity index is 1.68. The summed E-state index contributed by atoms with van der Waals surface area (Å²) in [5.74, 6) is -0.717. The van der Waals surface area contributed by atoms with Crippen molar-refractivity contribution in [2.45, 2.75) is 37.8 Å². The van der Waals surface area contributed by atoms with Gasteiger partial charge < -0.3 is 15.8 Å². The van der Waals surface area contributed by atoms with Crippen LogP contribution in [0, 0.1) is 6.92 Å². The molecule has 0 radical (unpaired) electrons. The van der Waals surface area contributed by atoms with Crippen LogP contribution in [0.4, 0.5) is 29.3 Å². The van der Waals surface area contributed by atoms with E-state index in [1.165, 1.54) is 17.9 Å². The van der Waals surface area contributed by atoms with Gasteiger partial charge in [0.15, 0.2) is 0 Å². The van der Waals surface area contributed by atoms with Gasteiger partial charge in [-0.15, -0.1) is 0 Å². The predicted molar refractivity (Wildman–Crippen MR) is 102 cm³/mol. The van der Waals surface area contributed by atoms with E-state index >= 15 is 0 Å². The van der Waals surface area contributed by atoms with Crippen LogP contribution in [-0.4, -0.2) is 70.2 Å². The summed E-state index contributed by atoms with van der Waals surface area (Å²) in [5.41, 5.74) is 4.69. The minimum absolute atomic E-state index is 0.148. The summed E-state index contributed by atoms with van der Waals surface area (Å²) in [6.07, 6.45) is -3.99. The lowest BCUT2D eigenvalue weighted by molar-refractivity contribution is -0.136. The van der Waals surface area contributed by atoms with E-state index in [0.29, 0.717) is 31.9 Å². The molecule has 2 unspecified atom stereocenters. The van der Waals surface area contributed by atoms with Crippen LogP contribution in [0.5, 0.6) is 0 Å². The molecule has 2 fully saturated rings. The fourth-order valence-electron chi connectivity index (χ4n) is 3.99. The maximum absolute atomic E-state index is 14.9. The molecule has 2 aromatic rings. The Kier molecular flexibility index (Phi) is 5.30. The Morgan fingerprint density at radius 3 is 2.57 bits per heavy atom. The van der Waals surface area contributed by atoms with E-state index in [0.717, 1.165) is 0 Å². The molecule has 3 N–H and O–H groups in total. The molecule has 30 heavy (non-hydrogen) atoms. The molecule has 2 atom stereocenters. The SMILES string of the molecule is CNc1nc(N)nc(-c2cn(C3CCN(C4COC4)CC3F)nc2C)c1C(F)(F)F. The number of likely N-dealkylation sites (tertiary alicyclic amines) is 1. The summed E-state index contributed by atoms with van der Waals surface area (Å²) in [6, 6.07) is -0.329. The first-order chi connectivity index (χ1) is 14.2. The van der Waals surface area contributed by atoms with Crippen LogP contribution in [0.25, 0.3) is 11.3 Å². The van der Waals surface area contributed by atoms with Crippen LogP contribution < -0.4 is 11.1 Å². The maximum atomic E-state index is 14.9. The summed E-state index contributed by atoms with van der Waals surface area (Å²) in [7, 11) is 1.33. The molecule has 2 aliphatic rings. The lowest BCUT2D eigenvalue weighted by Gasteiger charge is -2.42. The first-order valence-corrected chi connectivity index (χ1v) is 9.63. The normalized spacial score (nSPS) is 23.4. The molecule has 4 rings (SSSR count). The van der Waals surface area contributed by atoms with Crippen LogP contribution in [0.15, 0.2) is 6.20 Å². The molecule has 4 heterocycles. The van der Waals surface area contributed by atoms with E-state index in [4.69, 9.17) is 10.5 Å². The number of hydrogen-bond acceptors (Lipinski definition) is 7. The molecule has 0 bridgehead atoms. The molecule has 2 aliphatic heterocycles. The molecular weight excluding hydrogens is 406 g/mol. The average Bonchev–Trinajstić information content (AvgIpc) is 2.99. The van der Waals surface area contributed by atoms with Gasteiger partial charge in [-0.25, -0.2) is 9.37 Å². The number of aromatic nitrogens is 4. The molecule has 2 saturated heterocycles. The van der Waals surface area contributed by atoms with Crippen molar-refractivity contribution in [1.82, 2.24) is 24.6 Å². The lowest BCUT2D eigenvalue weighted by Crippen LogP contribution is -2.55. The van der Waals surface area contributed by atoms with E-state index in [9.17, 15) is 17.6 Å². The number of hydrogen-bond donors (Lipinski definition) is 2. The van der Waals surface area contributed by atoms with Gasteiger partial charge in [-0.3, -0.25) is 9.58 Å². The number of nitrogens with zero attached hydrogens (tertiary/aromatic N) is 5. The molecule has 12 heteroatoms. The molecule has 0 saturated carbocycles. The monoisotopic (exact) mass is 429 g/mol. The zero-order chi connectivity index (χ0) is 21.6. The second-order valence-corrected chi connectivity index (χ2v) is 7.57. The van der Waals surface area contributed by atoms with Crippen molar-refractivity contribution >= 4 is 11.8 Å². The summed E-state index contributed by atoms with van der Waals surface area (Å²) in [4.78, 5) is 9.55. The highest BCUT2D eigenvalue weighted by Crippen LogP contribution is 2.41. The van der Waals surface area contributed by atoms with Gasteiger partial charge in [-0.1, -0.05) is 0 Å². The lowest BCUT2D eigenvalue weighted by atomic mass is 10.0. The highest BCUT2D eigenvalue weighted by atomic mass is 19.4.